The molecule has 1 saturated heterocycles. The predicted molar refractivity (Wildman–Crippen MR) is 79.3 cm³/mol. The number of carbonyl (C=O) groups excluding carboxylic acids is 1. The standard InChI is InChI=1S/C15H26N4O/c1-12(2)19-11-17-10-14(19)8-13(9-16)15(20)18-6-4-3-5-7-18/h10-13H,3-9,16H2,1-2H3. The Bertz CT molecular complexity index is 435. The van der Waals surface area contributed by atoms with E-state index in [9.17, 15) is 4.79 Å². The zero-order valence-electron chi connectivity index (χ0n) is 12.6. The van der Waals surface area contributed by atoms with Crippen molar-refractivity contribution in [2.45, 2.75) is 45.6 Å². The summed E-state index contributed by atoms with van der Waals surface area (Å²) in [6.07, 6.45) is 7.84. The van der Waals surface area contributed by atoms with E-state index in [0.29, 0.717) is 19.0 Å². The van der Waals surface area contributed by atoms with E-state index in [1.54, 1.807) is 0 Å². The van der Waals surface area contributed by atoms with Crippen molar-refractivity contribution < 1.29 is 4.79 Å². The molecule has 0 aliphatic carbocycles. The lowest BCUT2D eigenvalue weighted by Gasteiger charge is -2.30. The van der Waals surface area contributed by atoms with E-state index in [0.717, 1.165) is 31.6 Å². The van der Waals surface area contributed by atoms with Crippen molar-refractivity contribution in [1.82, 2.24) is 14.5 Å². The minimum atomic E-state index is -0.123. The number of amides is 1. The van der Waals surface area contributed by atoms with Crippen LogP contribution in [0, 0.1) is 5.92 Å². The molecule has 1 fully saturated rings. The van der Waals surface area contributed by atoms with Crippen LogP contribution in [0.25, 0.3) is 0 Å². The topological polar surface area (TPSA) is 64.2 Å². The van der Waals surface area contributed by atoms with Gasteiger partial charge in [-0.1, -0.05) is 0 Å². The van der Waals surface area contributed by atoms with E-state index in [2.05, 4.69) is 23.4 Å². The zero-order chi connectivity index (χ0) is 14.5. The van der Waals surface area contributed by atoms with Gasteiger partial charge in [0, 0.05) is 44.0 Å². The maximum absolute atomic E-state index is 12.6. The highest BCUT2D eigenvalue weighted by Gasteiger charge is 2.25. The fourth-order valence-electron chi connectivity index (χ4n) is 2.85. The van der Waals surface area contributed by atoms with Gasteiger partial charge >= 0.3 is 0 Å². The van der Waals surface area contributed by atoms with Crippen LogP contribution in [0.5, 0.6) is 0 Å². The van der Waals surface area contributed by atoms with Crippen molar-refractivity contribution in [2.75, 3.05) is 19.6 Å². The quantitative estimate of drug-likeness (QED) is 0.889. The van der Waals surface area contributed by atoms with Gasteiger partial charge in [0.1, 0.15) is 0 Å². The molecule has 5 nitrogen and oxygen atoms in total. The van der Waals surface area contributed by atoms with Crippen molar-refractivity contribution in [3.63, 3.8) is 0 Å². The Morgan fingerprint density at radius 2 is 2.05 bits per heavy atom. The molecule has 0 bridgehead atoms. The molecule has 2 N–H and O–H groups in total. The second-order valence-electron chi connectivity index (χ2n) is 5.91. The number of hydrogen-bond donors (Lipinski definition) is 1. The van der Waals surface area contributed by atoms with Gasteiger partial charge in [0.05, 0.1) is 12.2 Å². The number of piperidine rings is 1. The minimum Gasteiger partial charge on any atom is -0.342 e. The van der Waals surface area contributed by atoms with Gasteiger partial charge in [-0.05, 0) is 33.1 Å². The van der Waals surface area contributed by atoms with Crippen LogP contribution in [0.1, 0.15) is 44.8 Å². The normalized spacial score (nSPS) is 17.5. The van der Waals surface area contributed by atoms with Crippen molar-refractivity contribution in [1.29, 1.82) is 0 Å². The first-order valence-electron chi connectivity index (χ1n) is 7.63. The number of aromatic nitrogens is 2. The third kappa shape index (κ3) is 3.39. The van der Waals surface area contributed by atoms with Crippen molar-refractivity contribution in [3.8, 4) is 0 Å². The van der Waals surface area contributed by atoms with Gasteiger partial charge in [0.15, 0.2) is 0 Å². The summed E-state index contributed by atoms with van der Waals surface area (Å²) < 4.78 is 2.12. The molecule has 1 aromatic heterocycles. The number of nitrogens with two attached hydrogens (primary N) is 1. The van der Waals surface area contributed by atoms with Gasteiger partial charge in [0.25, 0.3) is 0 Å². The number of imidazole rings is 1. The predicted octanol–water partition coefficient (Wildman–Crippen LogP) is 1.59. The summed E-state index contributed by atoms with van der Waals surface area (Å²) in [5, 5.41) is 0. The third-order valence-electron chi connectivity index (χ3n) is 4.06. The van der Waals surface area contributed by atoms with Gasteiger partial charge < -0.3 is 15.2 Å². The van der Waals surface area contributed by atoms with Crippen molar-refractivity contribution in [3.05, 3.63) is 18.2 Å². The van der Waals surface area contributed by atoms with Crippen molar-refractivity contribution in [2.24, 2.45) is 11.7 Å². The number of carbonyl (C=O) groups is 1. The Kier molecular flexibility index (Phi) is 5.17. The highest BCUT2D eigenvalue weighted by atomic mass is 16.2. The van der Waals surface area contributed by atoms with E-state index in [1.165, 1.54) is 6.42 Å². The molecule has 1 aliphatic heterocycles. The Hall–Kier alpha value is -1.36. The smallest absolute Gasteiger partial charge is 0.227 e. The van der Waals surface area contributed by atoms with Crippen molar-refractivity contribution >= 4 is 5.91 Å². The third-order valence-corrected chi connectivity index (χ3v) is 4.06. The maximum atomic E-state index is 12.6. The molecule has 0 saturated carbocycles. The second-order valence-corrected chi connectivity index (χ2v) is 5.91. The lowest BCUT2D eigenvalue weighted by Crippen LogP contribution is -2.42. The molecule has 2 rings (SSSR count). The van der Waals surface area contributed by atoms with Crippen LogP contribution in [0.3, 0.4) is 0 Å². The molecule has 1 aromatic rings. The molecule has 112 valence electrons. The van der Waals surface area contributed by atoms with Gasteiger partial charge in [-0.15, -0.1) is 0 Å². The fourth-order valence-corrected chi connectivity index (χ4v) is 2.85. The summed E-state index contributed by atoms with van der Waals surface area (Å²) in [5.74, 6) is 0.0889. The Morgan fingerprint density at radius 1 is 1.35 bits per heavy atom. The number of rotatable bonds is 5. The van der Waals surface area contributed by atoms with Crippen LogP contribution < -0.4 is 5.73 Å². The fraction of sp³-hybridized carbons (Fsp3) is 0.733. The molecule has 1 unspecified atom stereocenters. The zero-order valence-corrected chi connectivity index (χ0v) is 12.6. The second kappa shape index (κ2) is 6.88. The van der Waals surface area contributed by atoms with Gasteiger partial charge in [-0.3, -0.25) is 4.79 Å². The average Bonchev–Trinajstić information content (AvgIpc) is 2.93. The first kappa shape index (κ1) is 15.0. The van der Waals surface area contributed by atoms with E-state index in [-0.39, 0.29) is 11.8 Å². The SMILES string of the molecule is CC(C)n1cncc1CC(CN)C(=O)N1CCCCC1. The molecular formula is C15H26N4O. The van der Waals surface area contributed by atoms with E-state index >= 15 is 0 Å². The molecule has 1 amide bonds. The molecule has 0 spiro atoms. The van der Waals surface area contributed by atoms with Gasteiger partial charge in [-0.25, -0.2) is 4.98 Å². The number of likely N-dealkylation sites (tertiary alicyclic amines) is 1. The average molecular weight is 278 g/mol. The van der Waals surface area contributed by atoms with Crippen LogP contribution >= 0.6 is 0 Å². The molecule has 1 aliphatic rings. The summed E-state index contributed by atoms with van der Waals surface area (Å²) in [7, 11) is 0. The minimum absolute atomic E-state index is 0.123. The molecule has 20 heavy (non-hydrogen) atoms. The van der Waals surface area contributed by atoms with E-state index in [1.807, 2.05) is 17.4 Å². The van der Waals surface area contributed by atoms with Crippen LogP contribution in [0.4, 0.5) is 0 Å². The highest BCUT2D eigenvalue weighted by molar-refractivity contribution is 5.79. The molecule has 2 heterocycles. The monoisotopic (exact) mass is 278 g/mol. The molecule has 5 heteroatoms. The summed E-state index contributed by atoms with van der Waals surface area (Å²) in [4.78, 5) is 18.7. The first-order chi connectivity index (χ1) is 9.63. The Morgan fingerprint density at radius 3 is 2.65 bits per heavy atom. The van der Waals surface area contributed by atoms with E-state index in [4.69, 9.17) is 5.73 Å². The van der Waals surface area contributed by atoms with Crippen LogP contribution in [-0.2, 0) is 11.2 Å². The van der Waals surface area contributed by atoms with E-state index < -0.39 is 0 Å². The molecule has 0 radical (unpaired) electrons. The first-order valence-corrected chi connectivity index (χ1v) is 7.63. The van der Waals surface area contributed by atoms with Crippen LogP contribution in [0.15, 0.2) is 12.5 Å². The van der Waals surface area contributed by atoms with Gasteiger partial charge in [-0.2, -0.15) is 0 Å². The van der Waals surface area contributed by atoms with Crippen LogP contribution in [-0.4, -0.2) is 40.0 Å². The summed E-state index contributed by atoms with van der Waals surface area (Å²) in [6, 6.07) is 0.357. The summed E-state index contributed by atoms with van der Waals surface area (Å²) in [5.41, 5.74) is 6.94. The lowest BCUT2D eigenvalue weighted by molar-refractivity contribution is -0.136. The maximum Gasteiger partial charge on any atom is 0.227 e. The Balaban J connectivity index is 2.04. The molecule has 0 aromatic carbocycles. The number of hydrogen-bond acceptors (Lipinski definition) is 3. The Labute approximate surface area is 121 Å². The van der Waals surface area contributed by atoms with Gasteiger partial charge in [0.2, 0.25) is 5.91 Å². The van der Waals surface area contributed by atoms with Crippen LogP contribution in [0.2, 0.25) is 0 Å². The number of nitrogens with zero attached hydrogens (tertiary/aromatic N) is 3. The molecular weight excluding hydrogens is 252 g/mol. The highest BCUT2D eigenvalue weighted by Crippen LogP contribution is 2.17. The molecule has 1 atom stereocenters. The summed E-state index contributed by atoms with van der Waals surface area (Å²) in [6.45, 7) is 6.42. The summed E-state index contributed by atoms with van der Waals surface area (Å²) >= 11 is 0. The largest absolute Gasteiger partial charge is 0.342 e. The lowest BCUT2D eigenvalue weighted by atomic mass is 10.00.